The molecule has 0 aliphatic heterocycles. The molecule has 1 aromatic carbocycles. The predicted octanol–water partition coefficient (Wildman–Crippen LogP) is 3.02. The summed E-state index contributed by atoms with van der Waals surface area (Å²) in [4.78, 5) is 2.60. The second-order valence-corrected chi connectivity index (χ2v) is 2.53. The van der Waals surface area contributed by atoms with Crippen LogP contribution in [0.15, 0.2) is 35.3 Å². The quantitative estimate of drug-likeness (QED) is 0.473. The van der Waals surface area contributed by atoms with Crippen LogP contribution >= 0.6 is 0 Å². The first-order chi connectivity index (χ1) is 5.99. The zero-order valence-corrected chi connectivity index (χ0v) is 6.97. The maximum atomic E-state index is 11.8. The number of nitrogens with zero attached hydrogens (tertiary/aromatic N) is 1. The highest BCUT2D eigenvalue weighted by Crippen LogP contribution is 2.17. The SMILES string of the molecule is C/C(=N\C(F)(F)F)c1ccccc1. The molecule has 0 unspecified atom stereocenters. The summed E-state index contributed by atoms with van der Waals surface area (Å²) in [6.07, 6.45) is -4.49. The zero-order valence-electron chi connectivity index (χ0n) is 6.97. The van der Waals surface area contributed by atoms with Crippen LogP contribution < -0.4 is 0 Å². The second-order valence-electron chi connectivity index (χ2n) is 2.53. The minimum Gasteiger partial charge on any atom is -0.189 e. The summed E-state index contributed by atoms with van der Waals surface area (Å²) in [5.74, 6) is 0. The Labute approximate surface area is 73.9 Å². The van der Waals surface area contributed by atoms with Gasteiger partial charge in [0.05, 0.1) is 0 Å². The molecule has 1 nitrogen and oxygen atoms in total. The third kappa shape index (κ3) is 3.27. The van der Waals surface area contributed by atoms with Crippen LogP contribution in [0.2, 0.25) is 0 Å². The summed E-state index contributed by atoms with van der Waals surface area (Å²) >= 11 is 0. The summed E-state index contributed by atoms with van der Waals surface area (Å²) in [6.45, 7) is 1.34. The molecule has 0 saturated carbocycles. The first-order valence-corrected chi connectivity index (χ1v) is 3.67. The van der Waals surface area contributed by atoms with E-state index < -0.39 is 6.30 Å². The van der Waals surface area contributed by atoms with Crippen molar-refractivity contribution >= 4 is 5.71 Å². The van der Waals surface area contributed by atoms with Gasteiger partial charge in [-0.3, -0.25) is 0 Å². The van der Waals surface area contributed by atoms with Crippen LogP contribution in [0.3, 0.4) is 0 Å². The van der Waals surface area contributed by atoms with E-state index in [0.29, 0.717) is 5.56 Å². The summed E-state index contributed by atoms with van der Waals surface area (Å²) in [5, 5.41) is 0. The second kappa shape index (κ2) is 3.60. The Morgan fingerprint density at radius 1 is 1.15 bits per heavy atom. The lowest BCUT2D eigenvalue weighted by Crippen LogP contribution is -2.07. The van der Waals surface area contributed by atoms with E-state index >= 15 is 0 Å². The Hall–Kier alpha value is -1.32. The van der Waals surface area contributed by atoms with Gasteiger partial charge in [0.2, 0.25) is 0 Å². The normalized spacial score (nSPS) is 13.1. The predicted molar refractivity (Wildman–Crippen MR) is 44.7 cm³/mol. The molecule has 0 saturated heterocycles. The molecule has 0 fully saturated rings. The lowest BCUT2D eigenvalue weighted by atomic mass is 10.1. The highest BCUT2D eigenvalue weighted by Gasteiger charge is 2.26. The van der Waals surface area contributed by atoms with Crippen molar-refractivity contribution in [3.63, 3.8) is 0 Å². The van der Waals surface area contributed by atoms with Gasteiger partial charge in [0, 0.05) is 5.71 Å². The minimum absolute atomic E-state index is 0.0203. The molecule has 0 amide bonds. The monoisotopic (exact) mass is 187 g/mol. The molecule has 70 valence electrons. The summed E-state index contributed by atoms with van der Waals surface area (Å²) in [6, 6.07) is 8.26. The summed E-state index contributed by atoms with van der Waals surface area (Å²) in [7, 11) is 0. The third-order valence-corrected chi connectivity index (χ3v) is 1.49. The Morgan fingerprint density at radius 3 is 2.15 bits per heavy atom. The molecular weight excluding hydrogens is 179 g/mol. The maximum Gasteiger partial charge on any atom is 0.503 e. The number of hydrogen-bond acceptors (Lipinski definition) is 1. The van der Waals surface area contributed by atoms with Crippen LogP contribution in [0.25, 0.3) is 0 Å². The van der Waals surface area contributed by atoms with E-state index in [-0.39, 0.29) is 5.71 Å². The van der Waals surface area contributed by atoms with Gasteiger partial charge in [-0.25, -0.2) is 0 Å². The van der Waals surface area contributed by atoms with Gasteiger partial charge in [-0.1, -0.05) is 30.3 Å². The van der Waals surface area contributed by atoms with Crippen LogP contribution in [0.4, 0.5) is 13.2 Å². The number of aliphatic imine (C=N–C) groups is 1. The number of hydrogen-bond donors (Lipinski definition) is 0. The molecule has 0 heterocycles. The van der Waals surface area contributed by atoms with Gasteiger partial charge in [-0.05, 0) is 12.5 Å². The van der Waals surface area contributed by atoms with Crippen LogP contribution in [0.1, 0.15) is 12.5 Å². The van der Waals surface area contributed by atoms with Crippen molar-refractivity contribution < 1.29 is 13.2 Å². The molecule has 1 aromatic rings. The van der Waals surface area contributed by atoms with Gasteiger partial charge < -0.3 is 0 Å². The van der Waals surface area contributed by atoms with Crippen LogP contribution in [-0.2, 0) is 0 Å². The first kappa shape index (κ1) is 9.77. The van der Waals surface area contributed by atoms with Crippen LogP contribution in [0.5, 0.6) is 0 Å². The van der Waals surface area contributed by atoms with Crippen LogP contribution in [-0.4, -0.2) is 12.0 Å². The molecule has 0 aliphatic carbocycles. The number of rotatable bonds is 1. The van der Waals surface area contributed by atoms with Gasteiger partial charge in [-0.2, -0.15) is 4.99 Å². The summed E-state index contributed by atoms with van der Waals surface area (Å²) < 4.78 is 35.4. The molecular formula is C9H8F3N. The number of alkyl halides is 3. The smallest absolute Gasteiger partial charge is 0.189 e. The van der Waals surface area contributed by atoms with Crippen molar-refractivity contribution in [2.45, 2.75) is 13.2 Å². The average Bonchev–Trinajstić information content (AvgIpc) is 2.03. The highest BCUT2D eigenvalue weighted by atomic mass is 19.4. The molecule has 0 N–H and O–H groups in total. The van der Waals surface area contributed by atoms with Gasteiger partial charge in [-0.15, -0.1) is 13.2 Å². The van der Waals surface area contributed by atoms with Gasteiger partial charge in [0.1, 0.15) is 0 Å². The van der Waals surface area contributed by atoms with Crippen molar-refractivity contribution in [3.8, 4) is 0 Å². The van der Waals surface area contributed by atoms with E-state index in [1.54, 1.807) is 30.3 Å². The van der Waals surface area contributed by atoms with E-state index in [4.69, 9.17) is 0 Å². The Balaban J connectivity index is 2.92. The molecule has 1 rings (SSSR count). The maximum absolute atomic E-state index is 11.8. The Bertz CT molecular complexity index is 300. The Morgan fingerprint density at radius 2 is 1.69 bits per heavy atom. The Kier molecular flexibility index (Phi) is 2.70. The molecule has 0 aromatic heterocycles. The van der Waals surface area contributed by atoms with Gasteiger partial charge in [0.15, 0.2) is 0 Å². The van der Waals surface area contributed by atoms with E-state index in [9.17, 15) is 13.2 Å². The number of halogens is 3. The lowest BCUT2D eigenvalue weighted by Gasteiger charge is -2.02. The van der Waals surface area contributed by atoms with Crippen molar-refractivity contribution in [2.75, 3.05) is 0 Å². The van der Waals surface area contributed by atoms with Gasteiger partial charge >= 0.3 is 6.30 Å². The fraction of sp³-hybridized carbons (Fsp3) is 0.222. The summed E-state index contributed by atoms with van der Waals surface area (Å²) in [5.41, 5.74) is 0.466. The van der Waals surface area contributed by atoms with E-state index in [0.717, 1.165) is 0 Å². The van der Waals surface area contributed by atoms with E-state index in [1.807, 2.05) is 0 Å². The van der Waals surface area contributed by atoms with E-state index in [2.05, 4.69) is 4.99 Å². The fourth-order valence-electron chi connectivity index (χ4n) is 0.934. The fourth-order valence-corrected chi connectivity index (χ4v) is 0.934. The molecule has 13 heavy (non-hydrogen) atoms. The molecule has 0 aliphatic rings. The van der Waals surface area contributed by atoms with Crippen molar-refractivity contribution in [2.24, 2.45) is 4.99 Å². The van der Waals surface area contributed by atoms with Crippen molar-refractivity contribution in [1.29, 1.82) is 0 Å². The van der Waals surface area contributed by atoms with Crippen molar-refractivity contribution in [1.82, 2.24) is 0 Å². The topological polar surface area (TPSA) is 12.4 Å². The number of benzene rings is 1. The minimum atomic E-state index is -4.49. The first-order valence-electron chi connectivity index (χ1n) is 3.67. The third-order valence-electron chi connectivity index (χ3n) is 1.49. The highest BCUT2D eigenvalue weighted by molar-refractivity contribution is 5.98. The molecule has 0 atom stereocenters. The van der Waals surface area contributed by atoms with Crippen molar-refractivity contribution in [3.05, 3.63) is 35.9 Å². The molecule has 0 bridgehead atoms. The molecule has 0 radical (unpaired) electrons. The lowest BCUT2D eigenvalue weighted by molar-refractivity contribution is -0.119. The van der Waals surface area contributed by atoms with Crippen LogP contribution in [0, 0.1) is 0 Å². The molecule has 4 heteroatoms. The standard InChI is InChI=1S/C9H8F3N/c1-7(13-9(10,11)12)8-5-3-2-4-6-8/h2-6H,1H3/b13-7+. The largest absolute Gasteiger partial charge is 0.503 e. The van der Waals surface area contributed by atoms with Gasteiger partial charge in [0.25, 0.3) is 0 Å². The zero-order chi connectivity index (χ0) is 9.90. The average molecular weight is 187 g/mol. The molecule has 0 spiro atoms. The van der Waals surface area contributed by atoms with E-state index in [1.165, 1.54) is 6.92 Å².